The van der Waals surface area contributed by atoms with Crippen LogP contribution < -0.4 is 11.1 Å². The molecule has 0 aromatic carbocycles. The van der Waals surface area contributed by atoms with Gasteiger partial charge in [-0.05, 0) is 25.5 Å². The highest BCUT2D eigenvalue weighted by molar-refractivity contribution is 7.99. The summed E-state index contributed by atoms with van der Waals surface area (Å²) in [6.45, 7) is 4.76. The number of amides is 1. The molecule has 0 aliphatic rings. The van der Waals surface area contributed by atoms with Gasteiger partial charge in [0.15, 0.2) is 0 Å². The van der Waals surface area contributed by atoms with Crippen LogP contribution in [0.2, 0.25) is 0 Å². The number of methoxy groups -OCH3 is 1. The van der Waals surface area contributed by atoms with Crippen molar-refractivity contribution in [3.63, 3.8) is 0 Å². The summed E-state index contributed by atoms with van der Waals surface area (Å²) in [6.07, 6.45) is 1.50. The summed E-state index contributed by atoms with van der Waals surface area (Å²) in [7, 11) is 1.65. The first-order valence-corrected chi connectivity index (χ1v) is 6.89. The zero-order chi connectivity index (χ0) is 12.4. The molecule has 0 heterocycles. The second-order valence-corrected chi connectivity index (χ2v) is 5.13. The minimum atomic E-state index is -0.413. The van der Waals surface area contributed by atoms with Gasteiger partial charge in [-0.1, -0.05) is 6.92 Å². The second kappa shape index (κ2) is 9.93. The largest absolute Gasteiger partial charge is 0.385 e. The zero-order valence-corrected chi connectivity index (χ0v) is 11.3. The Morgan fingerprint density at radius 1 is 1.56 bits per heavy atom. The van der Waals surface area contributed by atoms with Crippen LogP contribution in [0.5, 0.6) is 0 Å². The molecule has 0 spiro atoms. The predicted octanol–water partition coefficient (Wildman–Crippen LogP) is 0.998. The van der Waals surface area contributed by atoms with Gasteiger partial charge in [0.2, 0.25) is 5.91 Å². The summed E-state index contributed by atoms with van der Waals surface area (Å²) in [5.74, 6) is 1.95. The first-order chi connectivity index (χ1) is 7.61. The molecule has 0 fully saturated rings. The smallest absolute Gasteiger partial charge is 0.237 e. The zero-order valence-electron chi connectivity index (χ0n) is 10.5. The van der Waals surface area contributed by atoms with E-state index in [0.717, 1.165) is 17.9 Å². The average Bonchev–Trinajstić information content (AvgIpc) is 2.26. The fourth-order valence-electron chi connectivity index (χ4n) is 1.26. The maximum atomic E-state index is 11.6. The van der Waals surface area contributed by atoms with Crippen molar-refractivity contribution in [2.75, 3.05) is 25.2 Å². The molecule has 96 valence electrons. The van der Waals surface area contributed by atoms with E-state index in [-0.39, 0.29) is 11.9 Å². The van der Waals surface area contributed by atoms with Crippen LogP contribution in [-0.2, 0) is 9.53 Å². The number of rotatable bonds is 9. The van der Waals surface area contributed by atoms with Gasteiger partial charge in [0.25, 0.3) is 0 Å². The molecule has 0 aliphatic heterocycles. The van der Waals surface area contributed by atoms with Gasteiger partial charge in [-0.25, -0.2) is 0 Å². The van der Waals surface area contributed by atoms with E-state index in [4.69, 9.17) is 10.5 Å². The van der Waals surface area contributed by atoms with Crippen molar-refractivity contribution in [2.24, 2.45) is 5.73 Å². The lowest BCUT2D eigenvalue weighted by atomic mass is 10.1. The maximum Gasteiger partial charge on any atom is 0.237 e. The molecule has 1 amide bonds. The Bertz CT molecular complexity index is 191. The van der Waals surface area contributed by atoms with Crippen LogP contribution in [0, 0.1) is 0 Å². The summed E-state index contributed by atoms with van der Waals surface area (Å²) in [4.78, 5) is 11.6. The molecule has 0 bridgehead atoms. The molecule has 0 saturated heterocycles. The van der Waals surface area contributed by atoms with E-state index in [2.05, 4.69) is 12.2 Å². The number of carbonyl (C=O) groups is 1. The Morgan fingerprint density at radius 3 is 2.81 bits per heavy atom. The molecule has 0 rings (SSSR count). The fraction of sp³-hybridized carbons (Fsp3) is 0.909. The summed E-state index contributed by atoms with van der Waals surface area (Å²) < 4.78 is 4.92. The number of carbonyl (C=O) groups excluding carboxylic acids is 1. The van der Waals surface area contributed by atoms with E-state index < -0.39 is 6.04 Å². The van der Waals surface area contributed by atoms with Crippen molar-refractivity contribution in [1.29, 1.82) is 0 Å². The van der Waals surface area contributed by atoms with Crippen LogP contribution in [0.1, 0.15) is 26.7 Å². The van der Waals surface area contributed by atoms with Crippen LogP contribution in [-0.4, -0.2) is 43.2 Å². The Kier molecular flexibility index (Phi) is 9.77. The van der Waals surface area contributed by atoms with Gasteiger partial charge in [-0.15, -0.1) is 0 Å². The van der Waals surface area contributed by atoms with E-state index >= 15 is 0 Å². The standard InChI is InChI=1S/C11H24N2O2S/c1-4-16-8-9(2)13-11(14)10(12)6-5-7-15-3/h9-10H,4-8,12H2,1-3H3,(H,13,14). The van der Waals surface area contributed by atoms with E-state index in [1.807, 2.05) is 18.7 Å². The molecule has 5 heteroatoms. The number of nitrogens with one attached hydrogen (secondary N) is 1. The lowest BCUT2D eigenvalue weighted by Crippen LogP contribution is -2.45. The highest BCUT2D eigenvalue weighted by Gasteiger charge is 2.14. The van der Waals surface area contributed by atoms with Crippen molar-refractivity contribution >= 4 is 17.7 Å². The van der Waals surface area contributed by atoms with Gasteiger partial charge in [-0.3, -0.25) is 4.79 Å². The van der Waals surface area contributed by atoms with Crippen molar-refractivity contribution in [2.45, 2.75) is 38.8 Å². The normalized spacial score (nSPS) is 14.5. The highest BCUT2D eigenvalue weighted by atomic mass is 32.2. The molecule has 2 atom stereocenters. The minimum Gasteiger partial charge on any atom is -0.385 e. The topological polar surface area (TPSA) is 64.4 Å². The van der Waals surface area contributed by atoms with E-state index in [1.54, 1.807) is 7.11 Å². The van der Waals surface area contributed by atoms with Gasteiger partial charge in [-0.2, -0.15) is 11.8 Å². The Labute approximate surface area is 103 Å². The predicted molar refractivity (Wildman–Crippen MR) is 69.7 cm³/mol. The van der Waals surface area contributed by atoms with Crippen molar-refractivity contribution in [1.82, 2.24) is 5.32 Å². The highest BCUT2D eigenvalue weighted by Crippen LogP contribution is 2.02. The summed E-state index contributed by atoms with van der Waals surface area (Å²) in [5, 5.41) is 2.92. The van der Waals surface area contributed by atoms with Gasteiger partial charge >= 0.3 is 0 Å². The lowest BCUT2D eigenvalue weighted by Gasteiger charge is -2.17. The number of ether oxygens (including phenoxy) is 1. The van der Waals surface area contributed by atoms with Gasteiger partial charge in [0.1, 0.15) is 0 Å². The summed E-state index contributed by atoms with van der Waals surface area (Å²) in [5.41, 5.74) is 5.76. The van der Waals surface area contributed by atoms with Crippen molar-refractivity contribution in [3.05, 3.63) is 0 Å². The van der Waals surface area contributed by atoms with Gasteiger partial charge in [0.05, 0.1) is 6.04 Å². The maximum absolute atomic E-state index is 11.6. The second-order valence-electron chi connectivity index (χ2n) is 3.81. The monoisotopic (exact) mass is 248 g/mol. The molecular weight excluding hydrogens is 224 g/mol. The molecule has 2 unspecified atom stereocenters. The van der Waals surface area contributed by atoms with E-state index in [0.29, 0.717) is 13.0 Å². The van der Waals surface area contributed by atoms with E-state index in [1.165, 1.54) is 0 Å². The van der Waals surface area contributed by atoms with E-state index in [9.17, 15) is 4.79 Å². The Hall–Kier alpha value is -0.260. The molecular formula is C11H24N2O2S. The third kappa shape index (κ3) is 7.96. The third-order valence-electron chi connectivity index (χ3n) is 2.16. The Balaban J connectivity index is 3.68. The number of hydrogen-bond donors (Lipinski definition) is 2. The van der Waals surface area contributed by atoms with Gasteiger partial charge in [0, 0.05) is 25.5 Å². The molecule has 0 aromatic rings. The molecule has 0 radical (unpaired) electrons. The van der Waals surface area contributed by atoms with Crippen LogP contribution >= 0.6 is 11.8 Å². The summed E-state index contributed by atoms with van der Waals surface area (Å²) in [6, 6.07) is -0.227. The van der Waals surface area contributed by atoms with Crippen molar-refractivity contribution in [3.8, 4) is 0 Å². The Morgan fingerprint density at radius 2 is 2.25 bits per heavy atom. The van der Waals surface area contributed by atoms with Gasteiger partial charge < -0.3 is 15.8 Å². The number of thioether (sulfide) groups is 1. The summed E-state index contributed by atoms with van der Waals surface area (Å²) >= 11 is 1.82. The molecule has 3 N–H and O–H groups in total. The lowest BCUT2D eigenvalue weighted by molar-refractivity contribution is -0.123. The molecule has 16 heavy (non-hydrogen) atoms. The molecule has 0 saturated carbocycles. The van der Waals surface area contributed by atoms with Crippen LogP contribution in [0.25, 0.3) is 0 Å². The van der Waals surface area contributed by atoms with Crippen molar-refractivity contribution < 1.29 is 9.53 Å². The molecule has 0 aromatic heterocycles. The van der Waals surface area contributed by atoms with Crippen LogP contribution in [0.3, 0.4) is 0 Å². The third-order valence-corrected chi connectivity index (χ3v) is 3.30. The first kappa shape index (κ1) is 15.7. The molecule has 4 nitrogen and oxygen atoms in total. The quantitative estimate of drug-likeness (QED) is 0.598. The fourth-order valence-corrected chi connectivity index (χ4v) is 1.94. The number of nitrogens with two attached hydrogens (primary N) is 1. The first-order valence-electron chi connectivity index (χ1n) is 5.74. The number of hydrogen-bond acceptors (Lipinski definition) is 4. The van der Waals surface area contributed by atoms with Crippen LogP contribution in [0.4, 0.5) is 0 Å². The average molecular weight is 248 g/mol. The SMILES string of the molecule is CCSCC(C)NC(=O)C(N)CCCOC. The molecule has 0 aliphatic carbocycles. The minimum absolute atomic E-state index is 0.0553. The van der Waals surface area contributed by atoms with Crippen LogP contribution in [0.15, 0.2) is 0 Å².